The first-order valence-electron chi connectivity index (χ1n) is 9.25. The van der Waals surface area contributed by atoms with E-state index in [1.165, 1.54) is 4.90 Å². The molecule has 2 atom stereocenters. The quantitative estimate of drug-likeness (QED) is 0.546. The van der Waals surface area contributed by atoms with Crippen LogP contribution in [0.15, 0.2) is 54.1 Å². The number of nitrogens with zero attached hydrogens (tertiary/aromatic N) is 1. The number of halogens is 2. The smallest absolute Gasteiger partial charge is 0.255 e. The summed E-state index contributed by atoms with van der Waals surface area (Å²) in [5, 5.41) is 3.51. The molecule has 4 rings (SSSR count). The summed E-state index contributed by atoms with van der Waals surface area (Å²) in [5.41, 5.74) is 2.22. The third-order valence-electron chi connectivity index (χ3n) is 5.37. The summed E-state index contributed by atoms with van der Waals surface area (Å²) in [6.07, 6.45) is 3.19. The van der Waals surface area contributed by atoms with E-state index in [0.29, 0.717) is 39.8 Å². The number of carbonyl (C=O) groups is 3. The first kappa shape index (κ1) is 19.7. The Morgan fingerprint density at radius 2 is 1.83 bits per heavy atom. The molecule has 2 aromatic carbocycles. The van der Waals surface area contributed by atoms with Gasteiger partial charge in [0.2, 0.25) is 11.8 Å². The highest BCUT2D eigenvalue weighted by atomic mass is 35.5. The van der Waals surface area contributed by atoms with E-state index in [1.807, 2.05) is 13.0 Å². The Hall–Kier alpha value is -2.63. The van der Waals surface area contributed by atoms with Crippen LogP contribution in [-0.2, 0) is 9.59 Å². The van der Waals surface area contributed by atoms with Crippen LogP contribution < -0.4 is 10.2 Å². The SMILES string of the molecule is CC1=CC[C@H]2C(=O)N(c3cccc(C(=O)Nc4cc(Cl)ccc4Cl)c3)C(=O)[C@H]2C1. The van der Waals surface area contributed by atoms with Gasteiger partial charge in [-0.3, -0.25) is 19.3 Å². The number of imide groups is 1. The van der Waals surface area contributed by atoms with E-state index in [9.17, 15) is 14.4 Å². The lowest BCUT2D eigenvalue weighted by Gasteiger charge is -2.18. The van der Waals surface area contributed by atoms with Gasteiger partial charge < -0.3 is 5.32 Å². The average Bonchev–Trinajstić information content (AvgIpc) is 2.94. The zero-order valence-corrected chi connectivity index (χ0v) is 17.1. The van der Waals surface area contributed by atoms with Crippen molar-refractivity contribution in [1.82, 2.24) is 0 Å². The van der Waals surface area contributed by atoms with Crippen molar-refractivity contribution in [1.29, 1.82) is 0 Å². The summed E-state index contributed by atoms with van der Waals surface area (Å²) in [4.78, 5) is 39.7. The van der Waals surface area contributed by atoms with Crippen molar-refractivity contribution < 1.29 is 14.4 Å². The van der Waals surface area contributed by atoms with Crippen LogP contribution >= 0.6 is 23.2 Å². The van der Waals surface area contributed by atoms with Gasteiger partial charge in [-0.05, 0) is 56.2 Å². The molecule has 0 saturated carbocycles. The maximum Gasteiger partial charge on any atom is 0.255 e. The van der Waals surface area contributed by atoms with Gasteiger partial charge in [0, 0.05) is 10.6 Å². The Labute approximate surface area is 178 Å². The van der Waals surface area contributed by atoms with Crippen LogP contribution in [0.3, 0.4) is 0 Å². The average molecular weight is 429 g/mol. The Bertz CT molecular complexity index is 1060. The molecule has 1 fully saturated rings. The largest absolute Gasteiger partial charge is 0.321 e. The lowest BCUT2D eigenvalue weighted by Crippen LogP contribution is -2.31. The number of nitrogens with one attached hydrogen (secondary N) is 1. The lowest BCUT2D eigenvalue weighted by molar-refractivity contribution is -0.122. The number of rotatable bonds is 3. The van der Waals surface area contributed by atoms with Crippen molar-refractivity contribution in [3.63, 3.8) is 0 Å². The third-order valence-corrected chi connectivity index (χ3v) is 5.93. The fraction of sp³-hybridized carbons (Fsp3) is 0.227. The molecule has 0 spiro atoms. The van der Waals surface area contributed by atoms with Gasteiger partial charge in [0.1, 0.15) is 0 Å². The van der Waals surface area contributed by atoms with Gasteiger partial charge >= 0.3 is 0 Å². The zero-order valence-electron chi connectivity index (χ0n) is 15.6. The summed E-state index contributed by atoms with van der Waals surface area (Å²) in [5.74, 6) is -1.48. The highest BCUT2D eigenvalue weighted by Crippen LogP contribution is 2.39. The minimum Gasteiger partial charge on any atom is -0.321 e. The van der Waals surface area contributed by atoms with E-state index < -0.39 is 5.91 Å². The Morgan fingerprint density at radius 3 is 2.62 bits per heavy atom. The lowest BCUT2D eigenvalue weighted by atomic mass is 9.82. The molecule has 1 aliphatic carbocycles. The molecule has 1 heterocycles. The molecule has 5 nitrogen and oxygen atoms in total. The number of anilines is 2. The van der Waals surface area contributed by atoms with E-state index >= 15 is 0 Å². The normalized spacial score (nSPS) is 21.1. The van der Waals surface area contributed by atoms with Gasteiger partial charge in [-0.15, -0.1) is 0 Å². The number of carbonyl (C=O) groups excluding carboxylic acids is 3. The van der Waals surface area contributed by atoms with Gasteiger partial charge in [0.25, 0.3) is 5.91 Å². The Balaban J connectivity index is 1.59. The number of amides is 3. The molecule has 1 saturated heterocycles. The van der Waals surface area contributed by atoms with Crippen molar-refractivity contribution in [3.05, 3.63) is 69.7 Å². The molecule has 2 aromatic rings. The molecule has 0 bridgehead atoms. The molecule has 0 aromatic heterocycles. The second-order valence-electron chi connectivity index (χ2n) is 7.34. The highest BCUT2D eigenvalue weighted by Gasteiger charge is 2.48. The second-order valence-corrected chi connectivity index (χ2v) is 8.19. The standard InChI is InChI=1S/C22H18Cl2N2O3/c1-12-5-7-16-17(9-12)22(29)26(21(16)28)15-4-2-3-13(10-15)20(27)25-19-11-14(23)6-8-18(19)24/h2-6,8,10-11,16-17H,7,9H2,1H3,(H,25,27)/t16-,17+/m1/s1. The van der Waals surface area contributed by atoms with Crippen LogP contribution in [0.4, 0.5) is 11.4 Å². The topological polar surface area (TPSA) is 66.5 Å². The summed E-state index contributed by atoms with van der Waals surface area (Å²) >= 11 is 12.1. The van der Waals surface area contributed by atoms with E-state index in [0.717, 1.165) is 5.57 Å². The van der Waals surface area contributed by atoms with Crippen LogP contribution in [-0.4, -0.2) is 17.7 Å². The van der Waals surface area contributed by atoms with Crippen LogP contribution in [0.5, 0.6) is 0 Å². The van der Waals surface area contributed by atoms with Crippen LogP contribution in [0.2, 0.25) is 10.0 Å². The molecular weight excluding hydrogens is 411 g/mol. The summed E-state index contributed by atoms with van der Waals surface area (Å²) in [6.45, 7) is 1.97. The first-order valence-corrected chi connectivity index (χ1v) is 10.0. The van der Waals surface area contributed by atoms with E-state index in [1.54, 1.807) is 42.5 Å². The molecular formula is C22H18Cl2N2O3. The highest BCUT2D eigenvalue weighted by molar-refractivity contribution is 6.36. The monoisotopic (exact) mass is 428 g/mol. The molecule has 3 amide bonds. The number of hydrogen-bond acceptors (Lipinski definition) is 3. The van der Waals surface area contributed by atoms with Crippen molar-refractivity contribution >= 4 is 52.3 Å². The maximum absolute atomic E-state index is 12.9. The van der Waals surface area contributed by atoms with Crippen molar-refractivity contribution in [3.8, 4) is 0 Å². The zero-order chi connectivity index (χ0) is 20.7. The Morgan fingerprint density at radius 1 is 1.07 bits per heavy atom. The molecule has 1 N–H and O–H groups in total. The predicted octanol–water partition coefficient (Wildman–Crippen LogP) is 5.09. The van der Waals surface area contributed by atoms with Gasteiger partial charge in [-0.25, -0.2) is 0 Å². The molecule has 29 heavy (non-hydrogen) atoms. The van der Waals surface area contributed by atoms with Crippen LogP contribution in [0, 0.1) is 11.8 Å². The van der Waals surface area contributed by atoms with Crippen LogP contribution in [0.1, 0.15) is 30.1 Å². The molecule has 1 aliphatic heterocycles. The van der Waals surface area contributed by atoms with E-state index in [4.69, 9.17) is 23.2 Å². The number of hydrogen-bond donors (Lipinski definition) is 1. The molecule has 148 valence electrons. The van der Waals surface area contributed by atoms with Gasteiger partial charge in [-0.2, -0.15) is 0 Å². The first-order chi connectivity index (χ1) is 13.8. The van der Waals surface area contributed by atoms with Gasteiger partial charge in [-0.1, -0.05) is 40.9 Å². The van der Waals surface area contributed by atoms with Crippen LogP contribution in [0.25, 0.3) is 0 Å². The molecule has 2 aliphatic rings. The van der Waals surface area contributed by atoms with Crippen molar-refractivity contribution in [2.75, 3.05) is 10.2 Å². The van der Waals surface area contributed by atoms with E-state index in [2.05, 4.69) is 5.32 Å². The number of benzene rings is 2. The van der Waals surface area contributed by atoms with Gasteiger partial charge in [0.15, 0.2) is 0 Å². The predicted molar refractivity (Wildman–Crippen MR) is 113 cm³/mol. The minimum absolute atomic E-state index is 0.206. The number of fused-ring (bicyclic) bond motifs is 1. The maximum atomic E-state index is 12.9. The van der Waals surface area contributed by atoms with Crippen molar-refractivity contribution in [2.45, 2.75) is 19.8 Å². The summed E-state index contributed by atoms with van der Waals surface area (Å²) in [7, 11) is 0. The van der Waals surface area contributed by atoms with Gasteiger partial charge in [0.05, 0.1) is 28.2 Å². The van der Waals surface area contributed by atoms with Crippen molar-refractivity contribution in [2.24, 2.45) is 11.8 Å². The summed E-state index contributed by atoms with van der Waals surface area (Å²) in [6, 6.07) is 11.2. The third kappa shape index (κ3) is 3.68. The molecule has 7 heteroatoms. The number of allylic oxidation sites excluding steroid dienone is 2. The Kier molecular flexibility index (Phi) is 5.19. The minimum atomic E-state index is -0.412. The molecule has 0 unspecified atom stereocenters. The molecule has 0 radical (unpaired) electrons. The summed E-state index contributed by atoms with van der Waals surface area (Å²) < 4.78 is 0. The van der Waals surface area contributed by atoms with E-state index in [-0.39, 0.29) is 23.7 Å². The fourth-order valence-corrected chi connectivity index (χ4v) is 4.20. The second kappa shape index (κ2) is 7.65. The fourth-order valence-electron chi connectivity index (χ4n) is 3.87.